The Hall–Kier alpha value is -1.41. The number of nitrogens with one attached hydrogen (secondary N) is 1. The van der Waals surface area contributed by atoms with E-state index in [1.54, 1.807) is 15.9 Å². The van der Waals surface area contributed by atoms with Crippen molar-refractivity contribution in [1.82, 2.24) is 20.1 Å². The van der Waals surface area contributed by atoms with Crippen molar-refractivity contribution in [3.63, 3.8) is 0 Å². The summed E-state index contributed by atoms with van der Waals surface area (Å²) in [6.07, 6.45) is -3.63. The van der Waals surface area contributed by atoms with Crippen LogP contribution >= 0.6 is 11.3 Å². The summed E-state index contributed by atoms with van der Waals surface area (Å²) in [4.78, 5) is 1.18. The third-order valence-corrected chi connectivity index (χ3v) is 4.48. The summed E-state index contributed by atoms with van der Waals surface area (Å²) in [5, 5.41) is 12.9. The van der Waals surface area contributed by atoms with Gasteiger partial charge in [0.25, 0.3) is 0 Å². The predicted molar refractivity (Wildman–Crippen MR) is 72.9 cm³/mol. The van der Waals surface area contributed by atoms with E-state index in [9.17, 15) is 13.2 Å². The van der Waals surface area contributed by atoms with Crippen molar-refractivity contribution in [3.05, 3.63) is 34.0 Å². The van der Waals surface area contributed by atoms with Crippen LogP contribution in [0.4, 0.5) is 13.2 Å². The predicted octanol–water partition coefficient (Wildman–Crippen LogP) is 3.07. The van der Waals surface area contributed by atoms with Gasteiger partial charge >= 0.3 is 6.18 Å². The lowest BCUT2D eigenvalue weighted by Crippen LogP contribution is -2.29. The maximum absolute atomic E-state index is 13.0. The highest BCUT2D eigenvalue weighted by molar-refractivity contribution is 7.09. The van der Waals surface area contributed by atoms with Crippen molar-refractivity contribution in [1.29, 1.82) is 0 Å². The topological polar surface area (TPSA) is 42.7 Å². The molecule has 4 nitrogen and oxygen atoms in total. The zero-order valence-electron chi connectivity index (χ0n) is 11.2. The first-order valence-corrected chi connectivity index (χ1v) is 7.65. The molecule has 3 heterocycles. The van der Waals surface area contributed by atoms with Gasteiger partial charge in [-0.15, -0.1) is 21.5 Å². The standard InChI is InChI=1S/C13H15F3N4S/c14-13(15,16)10-4-1-5-20-11(18-19-12(10)20)8-17-7-9-3-2-6-21-9/h2-3,6,10,17H,1,4-5,7-8H2/t10-/m1/s1. The fourth-order valence-electron chi connectivity index (χ4n) is 2.58. The highest BCUT2D eigenvalue weighted by Crippen LogP contribution is 2.40. The van der Waals surface area contributed by atoms with E-state index < -0.39 is 12.1 Å². The van der Waals surface area contributed by atoms with Crippen LogP contribution in [0.15, 0.2) is 17.5 Å². The van der Waals surface area contributed by atoms with Crippen LogP contribution in [0.5, 0.6) is 0 Å². The third-order valence-electron chi connectivity index (χ3n) is 3.60. The molecule has 114 valence electrons. The molecule has 1 aliphatic rings. The average molecular weight is 316 g/mol. The fraction of sp³-hybridized carbons (Fsp3) is 0.538. The molecule has 0 radical (unpaired) electrons. The SMILES string of the molecule is FC(F)(F)[C@@H]1CCCn2c(CNCc3cccs3)nnc21. The van der Waals surface area contributed by atoms with Gasteiger partial charge < -0.3 is 9.88 Å². The Labute approximate surface area is 124 Å². The Balaban J connectivity index is 1.69. The minimum atomic E-state index is -4.24. The molecular formula is C13H15F3N4S. The number of hydrogen-bond acceptors (Lipinski definition) is 4. The molecule has 0 bridgehead atoms. The Morgan fingerprint density at radius 2 is 2.19 bits per heavy atom. The zero-order chi connectivity index (χ0) is 14.9. The second-order valence-corrected chi connectivity index (χ2v) is 6.08. The molecule has 2 aromatic heterocycles. The monoisotopic (exact) mass is 316 g/mol. The molecular weight excluding hydrogens is 301 g/mol. The quantitative estimate of drug-likeness (QED) is 0.942. The Morgan fingerprint density at radius 1 is 1.33 bits per heavy atom. The van der Waals surface area contributed by atoms with Gasteiger partial charge in [-0.3, -0.25) is 0 Å². The molecule has 0 fully saturated rings. The van der Waals surface area contributed by atoms with E-state index in [0.29, 0.717) is 31.9 Å². The molecule has 21 heavy (non-hydrogen) atoms. The van der Waals surface area contributed by atoms with E-state index in [-0.39, 0.29) is 12.2 Å². The normalized spacial score (nSPS) is 18.7. The molecule has 0 saturated carbocycles. The number of halogens is 3. The third kappa shape index (κ3) is 3.11. The maximum Gasteiger partial charge on any atom is 0.398 e. The first-order valence-electron chi connectivity index (χ1n) is 6.77. The van der Waals surface area contributed by atoms with Gasteiger partial charge in [0, 0.05) is 18.0 Å². The molecule has 2 aromatic rings. The van der Waals surface area contributed by atoms with Crippen LogP contribution in [0.25, 0.3) is 0 Å². The Kier molecular flexibility index (Phi) is 3.99. The van der Waals surface area contributed by atoms with Crippen molar-refractivity contribution in [2.45, 2.75) is 44.6 Å². The summed E-state index contributed by atoms with van der Waals surface area (Å²) >= 11 is 1.64. The number of thiophene rings is 1. The second kappa shape index (κ2) is 5.76. The van der Waals surface area contributed by atoms with E-state index >= 15 is 0 Å². The van der Waals surface area contributed by atoms with Gasteiger partial charge in [-0.25, -0.2) is 0 Å². The number of fused-ring (bicyclic) bond motifs is 1. The first kappa shape index (κ1) is 14.5. The van der Waals surface area contributed by atoms with Gasteiger partial charge in [0.05, 0.1) is 6.54 Å². The summed E-state index contributed by atoms with van der Waals surface area (Å²) in [6.45, 7) is 1.67. The van der Waals surface area contributed by atoms with E-state index in [1.807, 2.05) is 17.5 Å². The van der Waals surface area contributed by atoms with Gasteiger partial charge in [0.15, 0.2) is 0 Å². The maximum atomic E-state index is 13.0. The molecule has 1 N–H and O–H groups in total. The van der Waals surface area contributed by atoms with Crippen LogP contribution in [0.1, 0.15) is 35.3 Å². The van der Waals surface area contributed by atoms with Crippen LogP contribution in [-0.2, 0) is 19.6 Å². The number of alkyl halides is 3. The molecule has 0 spiro atoms. The van der Waals surface area contributed by atoms with Crippen molar-refractivity contribution in [2.75, 3.05) is 0 Å². The van der Waals surface area contributed by atoms with Crippen molar-refractivity contribution in [3.8, 4) is 0 Å². The van der Waals surface area contributed by atoms with E-state index in [4.69, 9.17) is 0 Å². The zero-order valence-corrected chi connectivity index (χ0v) is 12.0. The highest BCUT2D eigenvalue weighted by atomic mass is 32.1. The van der Waals surface area contributed by atoms with Crippen LogP contribution in [0, 0.1) is 0 Å². The van der Waals surface area contributed by atoms with Gasteiger partial charge in [-0.05, 0) is 24.3 Å². The van der Waals surface area contributed by atoms with Gasteiger partial charge in [0.1, 0.15) is 17.6 Å². The van der Waals surface area contributed by atoms with Crippen molar-refractivity contribution < 1.29 is 13.2 Å². The van der Waals surface area contributed by atoms with E-state index in [1.165, 1.54) is 4.88 Å². The van der Waals surface area contributed by atoms with Crippen LogP contribution < -0.4 is 5.32 Å². The molecule has 3 rings (SSSR count). The lowest BCUT2D eigenvalue weighted by Gasteiger charge is -2.25. The van der Waals surface area contributed by atoms with Gasteiger partial charge in [-0.1, -0.05) is 6.07 Å². The molecule has 0 unspecified atom stereocenters. The molecule has 1 atom stereocenters. The fourth-order valence-corrected chi connectivity index (χ4v) is 3.26. The Morgan fingerprint density at radius 3 is 2.90 bits per heavy atom. The number of rotatable bonds is 4. The van der Waals surface area contributed by atoms with Crippen molar-refractivity contribution >= 4 is 11.3 Å². The summed E-state index contributed by atoms with van der Waals surface area (Å²) < 4.78 is 40.5. The largest absolute Gasteiger partial charge is 0.398 e. The summed E-state index contributed by atoms with van der Waals surface area (Å²) in [6, 6.07) is 3.98. The molecule has 1 aliphatic heterocycles. The average Bonchev–Trinajstić information content (AvgIpc) is 3.07. The Bertz CT molecular complexity index is 591. The van der Waals surface area contributed by atoms with Crippen LogP contribution in [0.2, 0.25) is 0 Å². The summed E-state index contributed by atoms with van der Waals surface area (Å²) in [5.41, 5.74) is 0. The summed E-state index contributed by atoms with van der Waals surface area (Å²) in [7, 11) is 0. The van der Waals surface area contributed by atoms with Crippen molar-refractivity contribution in [2.24, 2.45) is 0 Å². The van der Waals surface area contributed by atoms with Crippen LogP contribution in [0.3, 0.4) is 0 Å². The van der Waals surface area contributed by atoms with Gasteiger partial charge in [-0.2, -0.15) is 13.2 Å². The molecule has 8 heteroatoms. The molecule has 0 saturated heterocycles. The summed E-state index contributed by atoms with van der Waals surface area (Å²) in [5.74, 6) is -0.845. The van der Waals surface area contributed by atoms with Gasteiger partial charge in [0.2, 0.25) is 0 Å². The molecule has 0 aromatic carbocycles. The number of aromatic nitrogens is 3. The lowest BCUT2D eigenvalue weighted by atomic mass is 9.98. The first-order chi connectivity index (χ1) is 10.1. The second-order valence-electron chi connectivity index (χ2n) is 5.05. The van der Waals surface area contributed by atoms with E-state index in [2.05, 4.69) is 15.5 Å². The smallest absolute Gasteiger partial charge is 0.313 e. The molecule has 0 aliphatic carbocycles. The number of nitrogens with zero attached hydrogens (tertiary/aromatic N) is 3. The molecule has 0 amide bonds. The minimum Gasteiger partial charge on any atom is -0.313 e. The number of hydrogen-bond donors (Lipinski definition) is 1. The van der Waals surface area contributed by atoms with E-state index in [0.717, 1.165) is 0 Å². The van der Waals surface area contributed by atoms with Crippen LogP contribution in [-0.4, -0.2) is 20.9 Å². The lowest BCUT2D eigenvalue weighted by molar-refractivity contribution is -0.156. The minimum absolute atomic E-state index is 0.0571. The highest BCUT2D eigenvalue weighted by Gasteiger charge is 2.45.